The Hall–Kier alpha value is -0.340. The molecule has 1 fully saturated rings. The maximum absolute atomic E-state index is 5.43. The monoisotopic (exact) mass is 168 g/mol. The molecule has 70 valence electrons. The molecule has 0 aromatic heterocycles. The van der Waals surface area contributed by atoms with E-state index >= 15 is 0 Å². The van der Waals surface area contributed by atoms with Crippen LogP contribution in [0.3, 0.4) is 0 Å². The molecule has 3 N–H and O–H groups in total. The molecule has 0 aromatic rings. The summed E-state index contributed by atoms with van der Waals surface area (Å²) in [6.07, 6.45) is 7.21. The quantitative estimate of drug-likeness (QED) is 0.383. The zero-order chi connectivity index (χ0) is 8.97. The molecule has 0 aromatic carbocycles. The third-order valence-electron chi connectivity index (χ3n) is 3.01. The van der Waals surface area contributed by atoms with Gasteiger partial charge in [-0.05, 0) is 24.7 Å². The SMILES string of the molecule is C=CC(NN)C1CCC(C)CC1. The zero-order valence-electron chi connectivity index (χ0n) is 7.92. The highest BCUT2D eigenvalue weighted by Crippen LogP contribution is 2.30. The molecule has 0 heterocycles. The molecule has 0 amide bonds. The molecule has 1 atom stereocenters. The van der Waals surface area contributed by atoms with Gasteiger partial charge in [0, 0.05) is 6.04 Å². The second-order valence-corrected chi connectivity index (χ2v) is 3.95. The zero-order valence-corrected chi connectivity index (χ0v) is 7.92. The van der Waals surface area contributed by atoms with Crippen LogP contribution in [0, 0.1) is 11.8 Å². The van der Waals surface area contributed by atoms with Gasteiger partial charge in [0.2, 0.25) is 0 Å². The Kier molecular flexibility index (Phi) is 3.76. The second kappa shape index (κ2) is 4.63. The van der Waals surface area contributed by atoms with Crippen molar-refractivity contribution in [2.75, 3.05) is 0 Å². The van der Waals surface area contributed by atoms with E-state index in [9.17, 15) is 0 Å². The van der Waals surface area contributed by atoms with Gasteiger partial charge in [0.15, 0.2) is 0 Å². The Labute approximate surface area is 75.2 Å². The minimum atomic E-state index is 0.317. The van der Waals surface area contributed by atoms with Crippen LogP contribution in [0.25, 0.3) is 0 Å². The van der Waals surface area contributed by atoms with Crippen LogP contribution in [0.5, 0.6) is 0 Å². The van der Waals surface area contributed by atoms with Gasteiger partial charge in [0.05, 0.1) is 0 Å². The molecule has 2 nitrogen and oxygen atoms in total. The molecule has 1 rings (SSSR count). The summed E-state index contributed by atoms with van der Waals surface area (Å²) in [6.45, 7) is 6.11. The van der Waals surface area contributed by atoms with Crippen LogP contribution in [0.4, 0.5) is 0 Å². The van der Waals surface area contributed by atoms with Crippen molar-refractivity contribution >= 4 is 0 Å². The number of hydrazine groups is 1. The average Bonchev–Trinajstić information content (AvgIpc) is 2.10. The minimum absolute atomic E-state index is 0.317. The minimum Gasteiger partial charge on any atom is -0.271 e. The molecule has 12 heavy (non-hydrogen) atoms. The molecule has 0 spiro atoms. The molecular formula is C10H20N2. The summed E-state index contributed by atoms with van der Waals surface area (Å²) < 4.78 is 0. The van der Waals surface area contributed by atoms with Gasteiger partial charge in [-0.3, -0.25) is 11.3 Å². The van der Waals surface area contributed by atoms with Crippen molar-refractivity contribution in [1.82, 2.24) is 5.43 Å². The number of hydrogen-bond acceptors (Lipinski definition) is 2. The third kappa shape index (κ3) is 2.32. The predicted octanol–water partition coefficient (Wildman–Crippen LogP) is 1.83. The Balaban J connectivity index is 2.37. The highest BCUT2D eigenvalue weighted by Gasteiger charge is 2.22. The lowest BCUT2D eigenvalue weighted by Gasteiger charge is -2.30. The van der Waals surface area contributed by atoms with E-state index in [0.717, 1.165) is 5.92 Å². The molecule has 2 heteroatoms. The van der Waals surface area contributed by atoms with Crippen molar-refractivity contribution in [3.63, 3.8) is 0 Å². The smallest absolute Gasteiger partial charge is 0.0416 e. The summed E-state index contributed by atoms with van der Waals surface area (Å²) in [5.41, 5.74) is 2.82. The third-order valence-corrected chi connectivity index (χ3v) is 3.01. The van der Waals surface area contributed by atoms with Crippen LogP contribution in [0.2, 0.25) is 0 Å². The number of nitrogens with two attached hydrogens (primary N) is 1. The molecular weight excluding hydrogens is 148 g/mol. The van der Waals surface area contributed by atoms with Gasteiger partial charge < -0.3 is 0 Å². The first kappa shape index (κ1) is 9.75. The van der Waals surface area contributed by atoms with E-state index in [0.29, 0.717) is 12.0 Å². The first-order valence-corrected chi connectivity index (χ1v) is 4.86. The van der Waals surface area contributed by atoms with Crippen molar-refractivity contribution in [3.8, 4) is 0 Å². The van der Waals surface area contributed by atoms with Crippen molar-refractivity contribution in [1.29, 1.82) is 0 Å². The van der Waals surface area contributed by atoms with Crippen LogP contribution in [-0.4, -0.2) is 6.04 Å². The number of rotatable bonds is 3. The Bertz CT molecular complexity index is 137. The van der Waals surface area contributed by atoms with Gasteiger partial charge in [-0.15, -0.1) is 6.58 Å². The highest BCUT2D eigenvalue weighted by molar-refractivity contribution is 4.91. The summed E-state index contributed by atoms with van der Waals surface area (Å²) in [5, 5.41) is 0. The van der Waals surface area contributed by atoms with E-state index in [4.69, 9.17) is 5.84 Å². The fraction of sp³-hybridized carbons (Fsp3) is 0.800. The largest absolute Gasteiger partial charge is 0.271 e. The Morgan fingerprint density at radius 3 is 2.42 bits per heavy atom. The normalized spacial score (nSPS) is 32.8. The molecule has 0 aliphatic heterocycles. The summed E-state index contributed by atoms with van der Waals surface area (Å²) in [7, 11) is 0. The molecule has 1 saturated carbocycles. The topological polar surface area (TPSA) is 38.0 Å². The molecule has 1 aliphatic rings. The Morgan fingerprint density at radius 2 is 2.00 bits per heavy atom. The van der Waals surface area contributed by atoms with E-state index in [2.05, 4.69) is 18.9 Å². The van der Waals surface area contributed by atoms with Gasteiger partial charge in [-0.1, -0.05) is 25.8 Å². The van der Waals surface area contributed by atoms with Crippen LogP contribution >= 0.6 is 0 Å². The van der Waals surface area contributed by atoms with Crippen molar-refractivity contribution < 1.29 is 0 Å². The lowest BCUT2D eigenvalue weighted by molar-refractivity contribution is 0.254. The Morgan fingerprint density at radius 1 is 1.42 bits per heavy atom. The molecule has 0 bridgehead atoms. The van der Waals surface area contributed by atoms with Gasteiger partial charge in [-0.2, -0.15) is 0 Å². The fourth-order valence-corrected chi connectivity index (χ4v) is 2.04. The van der Waals surface area contributed by atoms with E-state index in [-0.39, 0.29) is 0 Å². The predicted molar refractivity (Wildman–Crippen MR) is 52.4 cm³/mol. The van der Waals surface area contributed by atoms with Crippen LogP contribution in [0.15, 0.2) is 12.7 Å². The molecule has 0 radical (unpaired) electrons. The fourth-order valence-electron chi connectivity index (χ4n) is 2.04. The van der Waals surface area contributed by atoms with Gasteiger partial charge in [0.25, 0.3) is 0 Å². The number of hydrogen-bond donors (Lipinski definition) is 2. The van der Waals surface area contributed by atoms with Crippen LogP contribution < -0.4 is 11.3 Å². The molecule has 0 saturated heterocycles. The number of nitrogens with one attached hydrogen (secondary N) is 1. The van der Waals surface area contributed by atoms with E-state index in [1.54, 1.807) is 0 Å². The summed E-state index contributed by atoms with van der Waals surface area (Å²) in [4.78, 5) is 0. The van der Waals surface area contributed by atoms with Gasteiger partial charge in [0.1, 0.15) is 0 Å². The van der Waals surface area contributed by atoms with Crippen LogP contribution in [0.1, 0.15) is 32.6 Å². The summed E-state index contributed by atoms with van der Waals surface area (Å²) in [5.74, 6) is 7.05. The van der Waals surface area contributed by atoms with Crippen LogP contribution in [-0.2, 0) is 0 Å². The summed E-state index contributed by atoms with van der Waals surface area (Å²) in [6, 6.07) is 0.317. The first-order valence-electron chi connectivity index (χ1n) is 4.86. The van der Waals surface area contributed by atoms with Crippen molar-refractivity contribution in [2.45, 2.75) is 38.6 Å². The van der Waals surface area contributed by atoms with E-state index in [1.807, 2.05) is 6.08 Å². The molecule has 1 unspecified atom stereocenters. The summed E-state index contributed by atoms with van der Waals surface area (Å²) >= 11 is 0. The van der Waals surface area contributed by atoms with E-state index in [1.165, 1.54) is 25.7 Å². The maximum Gasteiger partial charge on any atom is 0.0416 e. The van der Waals surface area contributed by atoms with Gasteiger partial charge in [-0.25, -0.2) is 0 Å². The first-order chi connectivity index (χ1) is 5.77. The lowest BCUT2D eigenvalue weighted by Crippen LogP contribution is -2.40. The van der Waals surface area contributed by atoms with Crippen molar-refractivity contribution in [3.05, 3.63) is 12.7 Å². The molecule has 1 aliphatic carbocycles. The van der Waals surface area contributed by atoms with E-state index < -0.39 is 0 Å². The lowest BCUT2D eigenvalue weighted by atomic mass is 9.79. The standard InChI is InChI=1S/C10H20N2/c1-3-10(12-11)9-6-4-8(2)5-7-9/h3,8-10,12H,1,4-7,11H2,2H3. The highest BCUT2D eigenvalue weighted by atomic mass is 15.2. The van der Waals surface area contributed by atoms with Gasteiger partial charge >= 0.3 is 0 Å². The second-order valence-electron chi connectivity index (χ2n) is 3.95. The maximum atomic E-state index is 5.43. The van der Waals surface area contributed by atoms with Crippen molar-refractivity contribution in [2.24, 2.45) is 17.7 Å². The average molecular weight is 168 g/mol.